The normalized spacial score (nSPS) is 23.1. The molecule has 2 fully saturated rings. The number of hydrogen-bond donors (Lipinski definition) is 0. The van der Waals surface area contributed by atoms with Gasteiger partial charge in [0.2, 0.25) is 0 Å². The molecule has 2 heterocycles. The number of hydrogen-bond acceptors (Lipinski definition) is 12. The summed E-state index contributed by atoms with van der Waals surface area (Å²) in [5.41, 5.74) is 0.860. The van der Waals surface area contributed by atoms with Crippen molar-refractivity contribution in [3.63, 3.8) is 0 Å². The fraction of sp³-hybridized carbons (Fsp3) is 1.00. The van der Waals surface area contributed by atoms with Crippen molar-refractivity contribution in [3.8, 4) is 0 Å². The SMILES string of the molecule is CCCCCCCCCOCOC1CCC(OC)[SiH2]N(CCCSSSSCCCN2CCC(OCOCCCCCCCCC)CCC(OC)[SiH2]2)CC1. The summed E-state index contributed by atoms with van der Waals surface area (Å²) in [4.78, 5) is 0. The number of unbranched alkanes of at least 4 members (excludes halogenated alkanes) is 12. The highest BCUT2D eigenvalue weighted by Crippen LogP contribution is 2.43. The Morgan fingerprint density at radius 3 is 1.31 bits per heavy atom. The minimum Gasteiger partial charge on any atom is -0.384 e. The maximum absolute atomic E-state index is 6.19. The van der Waals surface area contributed by atoms with Gasteiger partial charge in [-0.15, -0.1) is 0 Å². The van der Waals surface area contributed by atoms with Gasteiger partial charge < -0.3 is 37.6 Å². The van der Waals surface area contributed by atoms with E-state index in [0.717, 1.165) is 77.7 Å². The summed E-state index contributed by atoms with van der Waals surface area (Å²) < 4.78 is 41.4. The highest BCUT2D eigenvalue weighted by atomic mass is 33.7. The van der Waals surface area contributed by atoms with E-state index >= 15 is 0 Å². The summed E-state index contributed by atoms with van der Waals surface area (Å²) in [7, 11) is 11.0. The average molecular weight is 874 g/mol. The van der Waals surface area contributed by atoms with E-state index in [1.54, 1.807) is 0 Å². The summed E-state index contributed by atoms with van der Waals surface area (Å²) in [6, 6.07) is 0. The Balaban J connectivity index is 1.47. The molecule has 8 nitrogen and oxygen atoms in total. The molecule has 0 aromatic heterocycles. The van der Waals surface area contributed by atoms with Crippen LogP contribution in [0.5, 0.6) is 0 Å². The number of ether oxygens (including phenoxy) is 6. The fourth-order valence-electron chi connectivity index (χ4n) is 7.28. The minimum absolute atomic E-state index is 0.291. The van der Waals surface area contributed by atoms with Crippen molar-refractivity contribution in [2.45, 2.75) is 179 Å². The Bertz CT molecular complexity index is 747. The van der Waals surface area contributed by atoms with E-state index in [2.05, 4.69) is 23.0 Å². The van der Waals surface area contributed by atoms with Crippen LogP contribution in [0.4, 0.5) is 0 Å². The largest absolute Gasteiger partial charge is 0.384 e. The molecule has 4 unspecified atom stereocenters. The van der Waals surface area contributed by atoms with Gasteiger partial charge in [0.15, 0.2) is 0 Å². The zero-order valence-corrected chi connectivity index (χ0v) is 41.4. The van der Waals surface area contributed by atoms with Crippen molar-refractivity contribution >= 4 is 60.6 Å². The molecule has 0 aromatic carbocycles. The van der Waals surface area contributed by atoms with Crippen LogP contribution in [0.25, 0.3) is 0 Å². The van der Waals surface area contributed by atoms with E-state index in [4.69, 9.17) is 28.4 Å². The van der Waals surface area contributed by atoms with Crippen molar-refractivity contribution in [2.75, 3.05) is 78.7 Å². The van der Waals surface area contributed by atoms with Gasteiger partial charge in [-0.05, 0) is 110 Å². The second kappa shape index (κ2) is 38.7. The molecule has 0 aromatic rings. The summed E-state index contributed by atoms with van der Waals surface area (Å²) in [5, 5.41) is 0. The predicted molar refractivity (Wildman–Crippen MR) is 246 cm³/mol. The van der Waals surface area contributed by atoms with Gasteiger partial charge in [-0.2, -0.15) is 0 Å². The molecule has 0 amide bonds. The van der Waals surface area contributed by atoms with Crippen LogP contribution in [0.2, 0.25) is 0 Å². The molecule has 54 heavy (non-hydrogen) atoms. The molecular weight excluding hydrogens is 789 g/mol. The highest BCUT2D eigenvalue weighted by molar-refractivity contribution is 9.26. The van der Waals surface area contributed by atoms with Crippen LogP contribution < -0.4 is 0 Å². The van der Waals surface area contributed by atoms with Crippen molar-refractivity contribution < 1.29 is 28.4 Å². The molecular formula is C40H84N2O6S4Si2. The maximum atomic E-state index is 6.19. The Morgan fingerprint density at radius 1 is 0.500 bits per heavy atom. The lowest BCUT2D eigenvalue weighted by atomic mass is 10.1. The molecule has 2 rings (SSSR count). The van der Waals surface area contributed by atoms with Gasteiger partial charge in [0, 0.05) is 38.9 Å². The molecule has 0 spiro atoms. The van der Waals surface area contributed by atoms with Gasteiger partial charge >= 0.3 is 0 Å². The lowest BCUT2D eigenvalue weighted by molar-refractivity contribution is -0.0979. The quantitative estimate of drug-likeness (QED) is 0.0264. The van der Waals surface area contributed by atoms with Crippen LogP contribution in [-0.2, 0) is 28.4 Å². The summed E-state index contributed by atoms with van der Waals surface area (Å²) in [6.07, 6.45) is 28.2. The first kappa shape index (κ1) is 51.7. The van der Waals surface area contributed by atoms with Crippen LogP contribution in [0.3, 0.4) is 0 Å². The van der Waals surface area contributed by atoms with Crippen LogP contribution >= 0.6 is 41.2 Å². The number of methoxy groups -OCH3 is 2. The zero-order chi connectivity index (χ0) is 38.6. The highest BCUT2D eigenvalue weighted by Gasteiger charge is 2.24. The van der Waals surface area contributed by atoms with Crippen molar-refractivity contribution in [1.82, 2.24) is 9.13 Å². The smallest absolute Gasteiger partial charge is 0.147 e. The van der Waals surface area contributed by atoms with Gasteiger partial charge in [0.1, 0.15) is 32.9 Å². The van der Waals surface area contributed by atoms with Crippen LogP contribution in [-0.4, -0.2) is 131 Å². The molecule has 0 N–H and O–H groups in total. The number of nitrogens with zero attached hydrogens (tertiary/aromatic N) is 2. The molecule has 14 heteroatoms. The summed E-state index contributed by atoms with van der Waals surface area (Å²) in [6.45, 7) is 11.8. The molecule has 2 saturated heterocycles. The van der Waals surface area contributed by atoms with Gasteiger partial charge in [-0.3, -0.25) is 0 Å². The fourth-order valence-corrected chi connectivity index (χ4v) is 17.2. The van der Waals surface area contributed by atoms with Crippen molar-refractivity contribution in [3.05, 3.63) is 0 Å². The van der Waals surface area contributed by atoms with Crippen LogP contribution in [0.1, 0.15) is 155 Å². The Kier molecular flexibility index (Phi) is 37.0. The van der Waals surface area contributed by atoms with E-state index in [0.29, 0.717) is 37.2 Å². The monoisotopic (exact) mass is 872 g/mol. The lowest BCUT2D eigenvalue weighted by Crippen LogP contribution is -2.42. The maximum Gasteiger partial charge on any atom is 0.147 e. The second-order valence-corrected chi connectivity index (χ2v) is 26.0. The topological polar surface area (TPSA) is 61.9 Å². The summed E-state index contributed by atoms with van der Waals surface area (Å²) >= 11 is 0. The Hall–Kier alpha value is 1.51. The molecule has 322 valence electrons. The second-order valence-electron chi connectivity index (χ2n) is 15.4. The predicted octanol–water partition coefficient (Wildman–Crippen LogP) is 9.75. The van der Waals surface area contributed by atoms with E-state index < -0.39 is 19.4 Å². The molecule has 0 radical (unpaired) electrons. The van der Waals surface area contributed by atoms with E-state index in [1.807, 2.05) is 55.5 Å². The summed E-state index contributed by atoms with van der Waals surface area (Å²) in [5.74, 6) is 2.41. The standard InChI is InChI=1S/C40H84N2O6S4Si2/c1-5-7-9-11-13-15-17-31-45-35-47-37-21-23-39(43-3)53-41(29-25-37)27-19-33-49-51-52-50-34-20-28-42-30-26-38(22-24-40(44-4)54-42)48-36-46-32-18-16-14-12-10-8-6-2/h37-40H,5-36,53-54H2,1-4H3. The molecule has 0 aliphatic carbocycles. The van der Waals surface area contributed by atoms with E-state index in [9.17, 15) is 0 Å². The van der Waals surface area contributed by atoms with Crippen molar-refractivity contribution in [2.24, 2.45) is 0 Å². The Morgan fingerprint density at radius 2 is 0.907 bits per heavy atom. The van der Waals surface area contributed by atoms with E-state index in [-0.39, 0.29) is 0 Å². The first-order valence-electron chi connectivity index (χ1n) is 22.1. The van der Waals surface area contributed by atoms with Gasteiger partial charge in [0.25, 0.3) is 0 Å². The van der Waals surface area contributed by atoms with Crippen molar-refractivity contribution in [1.29, 1.82) is 0 Å². The van der Waals surface area contributed by atoms with Crippen LogP contribution in [0.15, 0.2) is 0 Å². The first-order valence-corrected chi connectivity index (χ1v) is 30.2. The zero-order valence-electron chi connectivity index (χ0n) is 35.3. The average Bonchev–Trinajstić information content (AvgIpc) is 3.17. The molecule has 0 bridgehead atoms. The first-order chi connectivity index (χ1) is 26.7. The van der Waals surface area contributed by atoms with E-state index in [1.165, 1.54) is 114 Å². The molecule has 2 aliphatic rings. The third-order valence-electron chi connectivity index (χ3n) is 10.8. The molecule has 0 saturated carbocycles. The lowest BCUT2D eigenvalue weighted by Gasteiger charge is -2.32. The number of rotatable bonds is 35. The third-order valence-corrected chi connectivity index (χ3v) is 22.1. The van der Waals surface area contributed by atoms with Gasteiger partial charge in [-0.25, -0.2) is 0 Å². The third kappa shape index (κ3) is 29.7. The Labute approximate surface area is 353 Å². The van der Waals surface area contributed by atoms with Gasteiger partial charge in [-0.1, -0.05) is 112 Å². The molecule has 2 aliphatic heterocycles. The van der Waals surface area contributed by atoms with Crippen LogP contribution in [0, 0.1) is 0 Å². The minimum atomic E-state index is -0.393. The molecule has 4 atom stereocenters. The van der Waals surface area contributed by atoms with Gasteiger partial charge in [0.05, 0.1) is 23.7 Å².